The Bertz CT molecular complexity index is 239. The second kappa shape index (κ2) is 4.92. The predicted molar refractivity (Wildman–Crippen MR) is 73.0 cm³/mol. The van der Waals surface area contributed by atoms with Crippen LogP contribution in [0.4, 0.5) is 0 Å². The van der Waals surface area contributed by atoms with Crippen LogP contribution in [0.2, 0.25) is 18.1 Å². The van der Waals surface area contributed by atoms with Crippen molar-refractivity contribution in [2.75, 3.05) is 6.61 Å². The van der Waals surface area contributed by atoms with Gasteiger partial charge in [-0.15, -0.1) is 0 Å². The van der Waals surface area contributed by atoms with Crippen molar-refractivity contribution < 1.29 is 4.43 Å². The minimum absolute atomic E-state index is 0.329. The topological polar surface area (TPSA) is 21.3 Å². The Hall–Kier alpha value is -0.283. The Kier molecular flexibility index (Phi) is 4.24. The van der Waals surface area contributed by atoms with Gasteiger partial charge in [-0.25, -0.2) is 0 Å². The number of hydrogen-bond donors (Lipinski definition) is 1. The zero-order valence-electron chi connectivity index (χ0n) is 11.5. The Balaban J connectivity index is 2.24. The van der Waals surface area contributed by atoms with E-state index in [1.54, 1.807) is 6.20 Å². The van der Waals surface area contributed by atoms with Gasteiger partial charge in [0.25, 0.3) is 0 Å². The molecular formula is C13H27NOSi. The van der Waals surface area contributed by atoms with Crippen molar-refractivity contribution in [3.63, 3.8) is 0 Å². The minimum Gasteiger partial charge on any atom is -0.417 e. The van der Waals surface area contributed by atoms with Crippen LogP contribution in [0.15, 0.2) is 12.8 Å². The highest BCUT2D eigenvalue weighted by molar-refractivity contribution is 6.74. The van der Waals surface area contributed by atoms with Crippen LogP contribution in [0.5, 0.6) is 0 Å². The molecule has 1 rings (SSSR count). The van der Waals surface area contributed by atoms with Crippen molar-refractivity contribution in [2.45, 2.75) is 57.8 Å². The predicted octanol–water partition coefficient (Wildman–Crippen LogP) is 3.52. The highest BCUT2D eigenvalue weighted by Gasteiger charge is 2.38. The summed E-state index contributed by atoms with van der Waals surface area (Å²) in [6, 6.07) is 0.644. The van der Waals surface area contributed by atoms with Gasteiger partial charge in [0.05, 0.1) is 0 Å². The fourth-order valence-electron chi connectivity index (χ4n) is 1.72. The molecule has 0 spiro atoms. The average molecular weight is 241 g/mol. The van der Waals surface area contributed by atoms with E-state index in [-0.39, 0.29) is 0 Å². The molecule has 94 valence electrons. The number of nitrogens with one attached hydrogen (secondary N) is 1. The molecule has 1 saturated carbocycles. The van der Waals surface area contributed by atoms with Crippen LogP contribution >= 0.6 is 0 Å². The third-order valence-corrected chi connectivity index (χ3v) is 8.58. The first-order valence-electron chi connectivity index (χ1n) is 6.27. The summed E-state index contributed by atoms with van der Waals surface area (Å²) < 4.78 is 6.21. The summed E-state index contributed by atoms with van der Waals surface area (Å²) in [4.78, 5) is 0. The van der Waals surface area contributed by atoms with E-state index in [0.717, 1.165) is 12.5 Å². The highest BCUT2D eigenvalue weighted by Crippen LogP contribution is 2.38. The monoisotopic (exact) mass is 241 g/mol. The van der Waals surface area contributed by atoms with Crippen LogP contribution in [0.1, 0.15) is 33.6 Å². The lowest BCUT2D eigenvalue weighted by atomic mass is 9.81. The molecule has 0 heterocycles. The van der Waals surface area contributed by atoms with Crippen LogP contribution < -0.4 is 5.32 Å². The van der Waals surface area contributed by atoms with Gasteiger partial charge in [-0.3, -0.25) is 0 Å². The molecule has 1 aliphatic rings. The Morgan fingerprint density at radius 3 is 2.38 bits per heavy atom. The van der Waals surface area contributed by atoms with Gasteiger partial charge < -0.3 is 9.74 Å². The van der Waals surface area contributed by atoms with Crippen LogP contribution in [-0.4, -0.2) is 21.0 Å². The van der Waals surface area contributed by atoms with Gasteiger partial charge in [0, 0.05) is 12.6 Å². The maximum Gasteiger partial charge on any atom is 0.191 e. The van der Waals surface area contributed by atoms with Gasteiger partial charge in [-0.05, 0) is 43.1 Å². The first kappa shape index (κ1) is 13.8. The second-order valence-corrected chi connectivity index (χ2v) is 11.3. The first-order valence-corrected chi connectivity index (χ1v) is 9.18. The summed E-state index contributed by atoms with van der Waals surface area (Å²) in [5.41, 5.74) is 0. The van der Waals surface area contributed by atoms with Crippen molar-refractivity contribution in [2.24, 2.45) is 5.92 Å². The molecule has 0 saturated heterocycles. The summed E-state index contributed by atoms with van der Waals surface area (Å²) in [6.07, 6.45) is 4.27. The van der Waals surface area contributed by atoms with E-state index in [4.69, 9.17) is 4.43 Å². The van der Waals surface area contributed by atoms with E-state index in [2.05, 4.69) is 45.8 Å². The number of rotatable bonds is 5. The van der Waals surface area contributed by atoms with E-state index in [1.807, 2.05) is 0 Å². The quantitative estimate of drug-likeness (QED) is 0.744. The molecule has 16 heavy (non-hydrogen) atoms. The van der Waals surface area contributed by atoms with Gasteiger partial charge in [0.2, 0.25) is 0 Å². The van der Waals surface area contributed by atoms with E-state index in [1.165, 1.54) is 12.8 Å². The van der Waals surface area contributed by atoms with Gasteiger partial charge in [-0.2, -0.15) is 0 Å². The van der Waals surface area contributed by atoms with E-state index >= 15 is 0 Å². The molecule has 0 unspecified atom stereocenters. The molecule has 1 N–H and O–H groups in total. The lowest BCUT2D eigenvalue weighted by molar-refractivity contribution is 0.138. The molecule has 0 atom stereocenters. The maximum absolute atomic E-state index is 6.21. The largest absolute Gasteiger partial charge is 0.417 e. The van der Waals surface area contributed by atoms with Crippen molar-refractivity contribution in [3.05, 3.63) is 12.8 Å². The molecule has 0 aromatic rings. The molecule has 2 nitrogen and oxygen atoms in total. The van der Waals surface area contributed by atoms with Crippen molar-refractivity contribution in [1.82, 2.24) is 5.32 Å². The molecule has 1 fully saturated rings. The zero-order chi connectivity index (χ0) is 12.4. The fraction of sp³-hybridized carbons (Fsp3) is 0.846. The summed E-state index contributed by atoms with van der Waals surface area (Å²) in [6.45, 7) is 16.2. The molecule has 0 bridgehead atoms. The zero-order valence-corrected chi connectivity index (χ0v) is 12.5. The highest BCUT2D eigenvalue weighted by atomic mass is 28.4. The van der Waals surface area contributed by atoms with Gasteiger partial charge in [-0.1, -0.05) is 27.4 Å². The molecule has 0 aliphatic heterocycles. The molecule has 3 heteroatoms. The lowest BCUT2D eigenvalue weighted by Crippen LogP contribution is -2.46. The van der Waals surface area contributed by atoms with Crippen molar-refractivity contribution in [3.8, 4) is 0 Å². The summed E-state index contributed by atoms with van der Waals surface area (Å²) >= 11 is 0. The smallest absolute Gasteiger partial charge is 0.191 e. The molecule has 0 aromatic carbocycles. The van der Waals surface area contributed by atoms with Gasteiger partial charge in [0.15, 0.2) is 8.32 Å². The first-order chi connectivity index (χ1) is 7.26. The SMILES string of the molecule is C=CNC1CC(CO[Si](C)(C)C(C)(C)C)C1. The average Bonchev–Trinajstić information content (AvgIpc) is 2.06. The minimum atomic E-state index is -1.53. The normalized spacial score (nSPS) is 26.1. The fourth-order valence-corrected chi connectivity index (χ4v) is 2.80. The van der Waals surface area contributed by atoms with Crippen molar-refractivity contribution >= 4 is 8.32 Å². The Labute approximate surface area is 102 Å². The van der Waals surface area contributed by atoms with Crippen LogP contribution in [0, 0.1) is 5.92 Å². The molecule has 1 aliphatic carbocycles. The molecule has 0 aromatic heterocycles. The summed E-state index contributed by atoms with van der Waals surface area (Å²) in [7, 11) is -1.53. The summed E-state index contributed by atoms with van der Waals surface area (Å²) in [5.74, 6) is 0.756. The van der Waals surface area contributed by atoms with Gasteiger partial charge in [0.1, 0.15) is 0 Å². The molecule has 0 radical (unpaired) electrons. The third-order valence-electron chi connectivity index (χ3n) is 4.08. The van der Waals surface area contributed by atoms with Gasteiger partial charge >= 0.3 is 0 Å². The third kappa shape index (κ3) is 3.35. The summed E-state index contributed by atoms with van der Waals surface area (Å²) in [5, 5.41) is 3.59. The van der Waals surface area contributed by atoms with Crippen LogP contribution in [0.25, 0.3) is 0 Å². The van der Waals surface area contributed by atoms with E-state index in [0.29, 0.717) is 11.1 Å². The van der Waals surface area contributed by atoms with E-state index < -0.39 is 8.32 Å². The van der Waals surface area contributed by atoms with Crippen molar-refractivity contribution in [1.29, 1.82) is 0 Å². The Morgan fingerprint density at radius 1 is 1.38 bits per heavy atom. The van der Waals surface area contributed by atoms with Crippen LogP contribution in [-0.2, 0) is 4.43 Å². The maximum atomic E-state index is 6.21. The number of hydrogen-bond acceptors (Lipinski definition) is 2. The molecule has 0 amide bonds. The molecular weight excluding hydrogens is 214 g/mol. The van der Waals surface area contributed by atoms with Crippen LogP contribution in [0.3, 0.4) is 0 Å². The standard InChI is InChI=1S/C13H27NOSi/c1-7-14-12-8-11(9-12)10-15-16(5,6)13(2,3)4/h7,11-12,14H,1,8-10H2,2-6H3. The Morgan fingerprint density at radius 2 is 1.94 bits per heavy atom. The van der Waals surface area contributed by atoms with E-state index in [9.17, 15) is 0 Å². The second-order valence-electron chi connectivity index (χ2n) is 6.48. The lowest BCUT2D eigenvalue weighted by Gasteiger charge is -2.41.